The predicted octanol–water partition coefficient (Wildman–Crippen LogP) is 2.18. The summed E-state index contributed by atoms with van der Waals surface area (Å²) in [7, 11) is 1.58. The summed E-state index contributed by atoms with van der Waals surface area (Å²) in [6, 6.07) is 6.52. The quantitative estimate of drug-likeness (QED) is 0.798. The van der Waals surface area contributed by atoms with Crippen LogP contribution in [0.1, 0.15) is 40.0 Å². The molecule has 1 atom stereocenters. The maximum Gasteiger partial charge on any atom is 0.247 e. The van der Waals surface area contributed by atoms with Gasteiger partial charge in [0.2, 0.25) is 17.7 Å². The molecule has 0 spiro atoms. The highest BCUT2D eigenvalue weighted by Crippen LogP contribution is 2.21. The number of amides is 3. The van der Waals surface area contributed by atoms with E-state index in [1.807, 2.05) is 20.8 Å². The van der Waals surface area contributed by atoms with Crippen molar-refractivity contribution in [3.63, 3.8) is 0 Å². The highest BCUT2D eigenvalue weighted by atomic mass is 16.5. The first-order chi connectivity index (χ1) is 12.7. The van der Waals surface area contributed by atoms with Gasteiger partial charge in [0.15, 0.2) is 0 Å². The zero-order valence-corrected chi connectivity index (χ0v) is 16.5. The van der Waals surface area contributed by atoms with Crippen molar-refractivity contribution in [2.24, 2.45) is 5.41 Å². The number of carbonyl (C=O) groups excluding carboxylic acids is 3. The van der Waals surface area contributed by atoms with Crippen molar-refractivity contribution >= 4 is 23.4 Å². The van der Waals surface area contributed by atoms with Crippen LogP contribution in [-0.4, -0.2) is 48.9 Å². The minimum absolute atomic E-state index is 0.0821. The smallest absolute Gasteiger partial charge is 0.247 e. The van der Waals surface area contributed by atoms with E-state index in [4.69, 9.17) is 4.74 Å². The number of likely N-dealkylation sites (tertiary alicyclic amines) is 1. The van der Waals surface area contributed by atoms with Crippen LogP contribution >= 0.6 is 0 Å². The van der Waals surface area contributed by atoms with E-state index in [0.29, 0.717) is 30.8 Å². The van der Waals surface area contributed by atoms with E-state index in [1.165, 1.54) is 0 Å². The third-order valence-corrected chi connectivity index (χ3v) is 4.36. The second kappa shape index (κ2) is 8.88. The van der Waals surface area contributed by atoms with Crippen LogP contribution in [0.3, 0.4) is 0 Å². The monoisotopic (exact) mass is 375 g/mol. The van der Waals surface area contributed by atoms with Gasteiger partial charge in [-0.2, -0.15) is 0 Å². The van der Waals surface area contributed by atoms with E-state index in [0.717, 1.165) is 6.42 Å². The van der Waals surface area contributed by atoms with Gasteiger partial charge in [0.25, 0.3) is 0 Å². The zero-order valence-electron chi connectivity index (χ0n) is 16.5. The minimum Gasteiger partial charge on any atom is -0.497 e. The molecule has 1 aromatic rings. The summed E-state index contributed by atoms with van der Waals surface area (Å²) in [6.45, 7) is 6.34. The zero-order chi connectivity index (χ0) is 20.0. The van der Waals surface area contributed by atoms with Crippen molar-refractivity contribution in [2.75, 3.05) is 25.5 Å². The van der Waals surface area contributed by atoms with Crippen LogP contribution in [0.4, 0.5) is 5.69 Å². The van der Waals surface area contributed by atoms with Crippen LogP contribution in [0.2, 0.25) is 0 Å². The number of nitrogens with one attached hydrogen (secondary N) is 2. The van der Waals surface area contributed by atoms with E-state index in [9.17, 15) is 14.4 Å². The molecule has 0 aromatic heterocycles. The standard InChI is InChI=1S/C20H29N3O4/c1-20(2,3)12-17(24)21-13-18(25)23-11-5-6-16(23)19(26)22-14-7-9-15(27-4)10-8-14/h7-10,16H,5-6,11-13H2,1-4H3,(H,21,24)(H,22,26)/t16-/m1/s1. The van der Waals surface area contributed by atoms with Gasteiger partial charge in [-0.3, -0.25) is 14.4 Å². The van der Waals surface area contributed by atoms with E-state index in [1.54, 1.807) is 36.3 Å². The molecule has 1 aromatic carbocycles. The lowest BCUT2D eigenvalue weighted by atomic mass is 9.92. The summed E-state index contributed by atoms with van der Waals surface area (Å²) in [5.74, 6) is 0.0997. The van der Waals surface area contributed by atoms with Crippen LogP contribution in [-0.2, 0) is 14.4 Å². The first-order valence-corrected chi connectivity index (χ1v) is 9.21. The van der Waals surface area contributed by atoms with Gasteiger partial charge < -0.3 is 20.3 Å². The van der Waals surface area contributed by atoms with Gasteiger partial charge in [0, 0.05) is 18.7 Å². The number of benzene rings is 1. The predicted molar refractivity (Wildman–Crippen MR) is 103 cm³/mol. The molecule has 1 aliphatic heterocycles. The Bertz CT molecular complexity index is 679. The highest BCUT2D eigenvalue weighted by Gasteiger charge is 2.34. The van der Waals surface area contributed by atoms with Gasteiger partial charge >= 0.3 is 0 Å². The molecule has 3 amide bonds. The van der Waals surface area contributed by atoms with Crippen molar-refractivity contribution in [1.29, 1.82) is 0 Å². The molecule has 148 valence electrons. The fourth-order valence-electron chi connectivity index (χ4n) is 3.06. The first kappa shape index (κ1) is 20.7. The second-order valence-electron chi connectivity index (χ2n) is 7.98. The Labute approximate surface area is 160 Å². The van der Waals surface area contributed by atoms with Gasteiger partial charge in [-0.1, -0.05) is 20.8 Å². The SMILES string of the molecule is COc1ccc(NC(=O)[C@H]2CCCN2C(=O)CNC(=O)CC(C)(C)C)cc1. The summed E-state index contributed by atoms with van der Waals surface area (Å²) in [5.41, 5.74) is 0.514. The lowest BCUT2D eigenvalue weighted by Gasteiger charge is -2.24. The summed E-state index contributed by atoms with van der Waals surface area (Å²) in [4.78, 5) is 38.5. The Balaban J connectivity index is 1.90. The largest absolute Gasteiger partial charge is 0.497 e. The molecule has 0 bridgehead atoms. The van der Waals surface area contributed by atoms with Gasteiger partial charge in [-0.15, -0.1) is 0 Å². The van der Waals surface area contributed by atoms with E-state index < -0.39 is 6.04 Å². The summed E-state index contributed by atoms with van der Waals surface area (Å²) in [6.07, 6.45) is 1.73. The Kier molecular flexibility index (Phi) is 6.82. The Morgan fingerprint density at radius 3 is 2.44 bits per heavy atom. The molecule has 0 aliphatic carbocycles. The first-order valence-electron chi connectivity index (χ1n) is 9.21. The van der Waals surface area contributed by atoms with Crippen LogP contribution in [0.5, 0.6) is 5.75 Å². The molecule has 0 saturated carbocycles. The van der Waals surface area contributed by atoms with Crippen molar-refractivity contribution < 1.29 is 19.1 Å². The fourth-order valence-corrected chi connectivity index (χ4v) is 3.06. The van der Waals surface area contributed by atoms with Gasteiger partial charge in [0.05, 0.1) is 13.7 Å². The van der Waals surface area contributed by atoms with Crippen LogP contribution in [0.25, 0.3) is 0 Å². The van der Waals surface area contributed by atoms with Crippen molar-refractivity contribution in [2.45, 2.75) is 46.1 Å². The minimum atomic E-state index is -0.515. The average Bonchev–Trinajstić information content (AvgIpc) is 3.09. The maximum absolute atomic E-state index is 12.6. The van der Waals surface area contributed by atoms with Crippen LogP contribution in [0.15, 0.2) is 24.3 Å². The molecule has 27 heavy (non-hydrogen) atoms. The number of hydrogen-bond acceptors (Lipinski definition) is 4. The number of nitrogens with zero attached hydrogens (tertiary/aromatic N) is 1. The number of ether oxygens (including phenoxy) is 1. The average molecular weight is 375 g/mol. The molecule has 1 aliphatic rings. The summed E-state index contributed by atoms with van der Waals surface area (Å²) >= 11 is 0. The lowest BCUT2D eigenvalue weighted by molar-refractivity contribution is -0.137. The van der Waals surface area contributed by atoms with Gasteiger partial charge in [0.1, 0.15) is 11.8 Å². The Hall–Kier alpha value is -2.57. The number of rotatable bonds is 6. The summed E-state index contributed by atoms with van der Waals surface area (Å²) < 4.78 is 5.10. The molecular formula is C20H29N3O4. The molecule has 2 N–H and O–H groups in total. The molecule has 1 saturated heterocycles. The number of carbonyl (C=O) groups is 3. The Morgan fingerprint density at radius 2 is 1.85 bits per heavy atom. The molecule has 7 heteroatoms. The highest BCUT2D eigenvalue weighted by molar-refractivity contribution is 5.98. The molecular weight excluding hydrogens is 346 g/mol. The van der Waals surface area contributed by atoms with Crippen LogP contribution < -0.4 is 15.4 Å². The molecule has 1 heterocycles. The van der Waals surface area contributed by atoms with E-state index in [2.05, 4.69) is 10.6 Å². The number of anilines is 1. The van der Waals surface area contributed by atoms with Gasteiger partial charge in [-0.05, 0) is 42.5 Å². The molecule has 7 nitrogen and oxygen atoms in total. The number of hydrogen-bond donors (Lipinski definition) is 2. The van der Waals surface area contributed by atoms with Gasteiger partial charge in [-0.25, -0.2) is 0 Å². The van der Waals surface area contributed by atoms with Crippen molar-refractivity contribution in [3.05, 3.63) is 24.3 Å². The van der Waals surface area contributed by atoms with Crippen LogP contribution in [0, 0.1) is 5.41 Å². The second-order valence-corrected chi connectivity index (χ2v) is 7.98. The molecule has 0 unspecified atom stereocenters. The lowest BCUT2D eigenvalue weighted by Crippen LogP contribution is -2.47. The molecule has 0 radical (unpaired) electrons. The topological polar surface area (TPSA) is 87.7 Å². The normalized spacial score (nSPS) is 16.7. The summed E-state index contributed by atoms with van der Waals surface area (Å²) in [5, 5.41) is 5.50. The van der Waals surface area contributed by atoms with E-state index in [-0.39, 0.29) is 29.7 Å². The van der Waals surface area contributed by atoms with Crippen molar-refractivity contribution in [1.82, 2.24) is 10.2 Å². The third kappa shape index (κ3) is 6.27. The third-order valence-electron chi connectivity index (χ3n) is 4.36. The number of methoxy groups -OCH3 is 1. The Morgan fingerprint density at radius 1 is 1.19 bits per heavy atom. The fraction of sp³-hybridized carbons (Fsp3) is 0.550. The maximum atomic E-state index is 12.6. The molecule has 2 rings (SSSR count). The molecule has 1 fully saturated rings. The van der Waals surface area contributed by atoms with E-state index >= 15 is 0 Å². The van der Waals surface area contributed by atoms with Crippen molar-refractivity contribution in [3.8, 4) is 5.75 Å².